The Balaban J connectivity index is 1.32. The molecule has 1 saturated heterocycles. The van der Waals surface area contributed by atoms with Crippen molar-refractivity contribution in [3.8, 4) is 11.6 Å². The SMILES string of the molecule is CC(=O)CC1CCN(Cc2cc(Cl)cnc2Oc2ccc3c(nnn3CC3CC3)c2Br)CC1. The standard InChI is InChI=1S/C24H27BrClN5O2/c1-15(32)10-16-6-8-30(9-7-16)14-18-11-19(26)12-27-24(18)33-21-5-4-20-23(22(21)25)28-29-31(20)13-17-2-3-17/h4-5,11-12,16-17H,2-3,6-10,13-14H2,1H3. The summed E-state index contributed by atoms with van der Waals surface area (Å²) in [6, 6.07) is 5.86. The van der Waals surface area contributed by atoms with Crippen molar-refractivity contribution in [3.63, 3.8) is 0 Å². The molecule has 1 aromatic carbocycles. The van der Waals surface area contributed by atoms with Gasteiger partial charge in [-0.15, -0.1) is 5.10 Å². The van der Waals surface area contributed by atoms with E-state index in [0.29, 0.717) is 35.5 Å². The normalized spacial score (nSPS) is 17.5. The first-order valence-corrected chi connectivity index (χ1v) is 12.7. The van der Waals surface area contributed by atoms with Gasteiger partial charge in [-0.2, -0.15) is 0 Å². The van der Waals surface area contributed by atoms with E-state index in [1.807, 2.05) is 22.9 Å². The third-order valence-electron chi connectivity index (χ3n) is 6.49. The number of hydrogen-bond acceptors (Lipinski definition) is 6. The molecule has 0 N–H and O–H groups in total. The highest BCUT2D eigenvalue weighted by molar-refractivity contribution is 9.10. The van der Waals surface area contributed by atoms with Crippen molar-refractivity contribution in [1.82, 2.24) is 24.9 Å². The average Bonchev–Trinajstić information content (AvgIpc) is 3.51. The van der Waals surface area contributed by atoms with Crippen LogP contribution in [0.1, 0.15) is 44.6 Å². The van der Waals surface area contributed by atoms with Crippen molar-refractivity contribution in [2.75, 3.05) is 13.1 Å². The predicted molar refractivity (Wildman–Crippen MR) is 131 cm³/mol. The topological polar surface area (TPSA) is 73.1 Å². The van der Waals surface area contributed by atoms with E-state index in [4.69, 9.17) is 16.3 Å². The van der Waals surface area contributed by atoms with Crippen LogP contribution in [0.15, 0.2) is 28.9 Å². The van der Waals surface area contributed by atoms with Crippen LogP contribution in [0.2, 0.25) is 5.02 Å². The zero-order chi connectivity index (χ0) is 22.9. The third-order valence-corrected chi connectivity index (χ3v) is 7.47. The number of nitrogens with zero attached hydrogens (tertiary/aromatic N) is 5. The number of aromatic nitrogens is 4. The summed E-state index contributed by atoms with van der Waals surface area (Å²) in [6.07, 6.45) is 6.89. The molecule has 7 nitrogen and oxygen atoms in total. The minimum absolute atomic E-state index is 0.276. The molecule has 2 aromatic heterocycles. The second-order valence-electron chi connectivity index (χ2n) is 9.31. The molecule has 0 spiro atoms. The summed E-state index contributed by atoms with van der Waals surface area (Å²) in [5.41, 5.74) is 2.73. The smallest absolute Gasteiger partial charge is 0.223 e. The van der Waals surface area contributed by atoms with Gasteiger partial charge < -0.3 is 9.53 Å². The van der Waals surface area contributed by atoms with Gasteiger partial charge in [0.1, 0.15) is 17.0 Å². The van der Waals surface area contributed by atoms with Gasteiger partial charge in [0.2, 0.25) is 5.88 Å². The molecule has 3 aromatic rings. The molecule has 9 heteroatoms. The lowest BCUT2D eigenvalue weighted by Crippen LogP contribution is -2.33. The first kappa shape index (κ1) is 22.7. The van der Waals surface area contributed by atoms with E-state index in [9.17, 15) is 4.79 Å². The molecule has 0 atom stereocenters. The summed E-state index contributed by atoms with van der Waals surface area (Å²) in [4.78, 5) is 18.3. The molecule has 0 bridgehead atoms. The molecule has 1 aliphatic carbocycles. The Morgan fingerprint density at radius 3 is 2.73 bits per heavy atom. The number of carbonyl (C=O) groups is 1. The van der Waals surface area contributed by atoms with Crippen molar-refractivity contribution in [1.29, 1.82) is 0 Å². The molecule has 3 heterocycles. The van der Waals surface area contributed by atoms with Crippen LogP contribution in [0.25, 0.3) is 11.0 Å². The highest BCUT2D eigenvalue weighted by atomic mass is 79.9. The van der Waals surface area contributed by atoms with Crippen molar-refractivity contribution in [3.05, 3.63) is 39.5 Å². The Morgan fingerprint density at radius 2 is 2.00 bits per heavy atom. The fourth-order valence-corrected chi connectivity index (χ4v) is 5.19. The zero-order valence-corrected chi connectivity index (χ0v) is 21.0. The summed E-state index contributed by atoms with van der Waals surface area (Å²) < 4.78 is 9.00. The molecular weight excluding hydrogens is 506 g/mol. The highest BCUT2D eigenvalue weighted by Crippen LogP contribution is 2.37. The molecule has 2 fully saturated rings. The maximum atomic E-state index is 11.4. The maximum Gasteiger partial charge on any atom is 0.223 e. The van der Waals surface area contributed by atoms with E-state index < -0.39 is 0 Å². The molecular formula is C24H27BrClN5O2. The summed E-state index contributed by atoms with van der Waals surface area (Å²) in [7, 11) is 0. The van der Waals surface area contributed by atoms with Gasteiger partial charge in [-0.05, 0) is 91.7 Å². The summed E-state index contributed by atoms with van der Waals surface area (Å²) in [6.45, 7) is 5.19. The first-order valence-electron chi connectivity index (χ1n) is 11.5. The molecule has 1 saturated carbocycles. The van der Waals surface area contributed by atoms with Gasteiger partial charge in [0.25, 0.3) is 0 Å². The van der Waals surface area contributed by atoms with Gasteiger partial charge in [0, 0.05) is 31.3 Å². The number of likely N-dealkylation sites (tertiary alicyclic amines) is 1. The largest absolute Gasteiger partial charge is 0.437 e. The molecule has 2 aliphatic rings. The number of halogens is 2. The molecule has 174 valence electrons. The number of pyridine rings is 1. The number of carbonyl (C=O) groups excluding carboxylic acids is 1. The monoisotopic (exact) mass is 531 g/mol. The minimum atomic E-state index is 0.276. The molecule has 33 heavy (non-hydrogen) atoms. The number of fused-ring (bicyclic) bond motifs is 1. The van der Waals surface area contributed by atoms with Crippen molar-refractivity contribution in [2.24, 2.45) is 11.8 Å². The average molecular weight is 533 g/mol. The molecule has 0 radical (unpaired) electrons. The Morgan fingerprint density at radius 1 is 1.21 bits per heavy atom. The van der Waals surface area contributed by atoms with Crippen molar-refractivity contribution >= 4 is 44.3 Å². The summed E-state index contributed by atoms with van der Waals surface area (Å²) in [5, 5.41) is 9.29. The van der Waals surface area contributed by atoms with E-state index in [2.05, 4.69) is 36.1 Å². The van der Waals surface area contributed by atoms with Gasteiger partial charge in [-0.1, -0.05) is 16.8 Å². The number of Topliss-reactive ketones (excluding diaryl/α,β-unsaturated/α-hetero) is 1. The number of ether oxygens (including phenoxy) is 1. The maximum absolute atomic E-state index is 11.4. The van der Waals surface area contributed by atoms with Crippen LogP contribution < -0.4 is 4.74 Å². The Bertz CT molecular complexity index is 1170. The molecule has 0 amide bonds. The van der Waals surface area contributed by atoms with E-state index in [-0.39, 0.29) is 5.78 Å². The van der Waals surface area contributed by atoms with E-state index >= 15 is 0 Å². The van der Waals surface area contributed by atoms with Crippen molar-refractivity contribution < 1.29 is 9.53 Å². The van der Waals surface area contributed by atoms with Gasteiger partial charge in [-0.25, -0.2) is 9.67 Å². The second kappa shape index (κ2) is 9.68. The van der Waals surface area contributed by atoms with E-state index in [0.717, 1.165) is 59.5 Å². The first-order chi connectivity index (χ1) is 16.0. The lowest BCUT2D eigenvalue weighted by molar-refractivity contribution is -0.118. The van der Waals surface area contributed by atoms with E-state index in [1.165, 1.54) is 12.8 Å². The number of rotatable bonds is 8. The number of hydrogen-bond donors (Lipinski definition) is 0. The van der Waals surface area contributed by atoms with Crippen LogP contribution in [0.4, 0.5) is 0 Å². The van der Waals surface area contributed by atoms with Crippen LogP contribution in [-0.4, -0.2) is 43.8 Å². The van der Waals surface area contributed by atoms with Crippen LogP contribution in [0.5, 0.6) is 11.6 Å². The lowest BCUT2D eigenvalue weighted by Gasteiger charge is -2.31. The lowest BCUT2D eigenvalue weighted by atomic mass is 9.92. The highest BCUT2D eigenvalue weighted by Gasteiger charge is 2.25. The fourth-order valence-electron chi connectivity index (χ4n) is 4.52. The molecule has 5 rings (SSSR count). The van der Waals surface area contributed by atoms with Gasteiger partial charge in [0.05, 0.1) is 15.0 Å². The zero-order valence-electron chi connectivity index (χ0n) is 18.6. The summed E-state index contributed by atoms with van der Waals surface area (Å²) >= 11 is 9.94. The molecule has 0 unspecified atom stereocenters. The number of ketones is 1. The fraction of sp³-hybridized carbons (Fsp3) is 0.500. The van der Waals surface area contributed by atoms with Crippen LogP contribution >= 0.6 is 27.5 Å². The Hall–Kier alpha value is -2.03. The Kier molecular flexibility index (Phi) is 6.67. The van der Waals surface area contributed by atoms with E-state index in [1.54, 1.807) is 13.1 Å². The van der Waals surface area contributed by atoms with Gasteiger partial charge in [0.15, 0.2) is 0 Å². The summed E-state index contributed by atoms with van der Waals surface area (Å²) in [5.74, 6) is 2.67. The third kappa shape index (κ3) is 5.39. The Labute approximate surface area is 206 Å². The van der Waals surface area contributed by atoms with Gasteiger partial charge >= 0.3 is 0 Å². The van der Waals surface area contributed by atoms with Crippen LogP contribution in [0.3, 0.4) is 0 Å². The van der Waals surface area contributed by atoms with Gasteiger partial charge in [-0.3, -0.25) is 4.90 Å². The van der Waals surface area contributed by atoms with Crippen LogP contribution in [-0.2, 0) is 17.9 Å². The number of piperidine rings is 1. The number of benzene rings is 1. The van der Waals surface area contributed by atoms with Crippen molar-refractivity contribution in [2.45, 2.75) is 52.1 Å². The minimum Gasteiger partial charge on any atom is -0.437 e. The molecule has 1 aliphatic heterocycles. The predicted octanol–water partition coefficient (Wildman–Crippen LogP) is 5.64. The second-order valence-corrected chi connectivity index (χ2v) is 10.5. The quantitative estimate of drug-likeness (QED) is 0.374. The van der Waals surface area contributed by atoms with Crippen LogP contribution in [0, 0.1) is 11.8 Å².